The van der Waals surface area contributed by atoms with Crippen LogP contribution in [0.15, 0.2) is 54.6 Å². The van der Waals surface area contributed by atoms with Gasteiger partial charge in [0.25, 0.3) is 5.91 Å². The molecule has 27 heavy (non-hydrogen) atoms. The number of carbonyl (C=O) groups is 1. The molecule has 1 aliphatic rings. The Bertz CT molecular complexity index is 929. The molecule has 3 N–H and O–H groups in total. The van der Waals surface area contributed by atoms with Crippen molar-refractivity contribution in [2.75, 3.05) is 11.1 Å². The van der Waals surface area contributed by atoms with Gasteiger partial charge >= 0.3 is 0 Å². The molecule has 138 valence electrons. The minimum absolute atomic E-state index is 0.0797. The van der Waals surface area contributed by atoms with E-state index in [1.165, 1.54) is 28.0 Å². The maximum Gasteiger partial charge on any atom is 0.258 e. The molecule has 1 aliphatic carbocycles. The van der Waals surface area contributed by atoms with Gasteiger partial charge in [0.1, 0.15) is 0 Å². The van der Waals surface area contributed by atoms with Gasteiger partial charge in [-0.3, -0.25) is 4.79 Å². The third-order valence-corrected chi connectivity index (χ3v) is 6.30. The average molecular weight is 377 g/mol. The monoisotopic (exact) mass is 376 g/mol. The maximum absolute atomic E-state index is 12.8. The summed E-state index contributed by atoms with van der Waals surface area (Å²) >= 11 is 1.58. The fourth-order valence-corrected chi connectivity index (χ4v) is 4.87. The Morgan fingerprint density at radius 3 is 2.33 bits per heavy atom. The Balaban J connectivity index is 1.41. The topological polar surface area (TPSA) is 55.1 Å². The molecule has 4 heteroatoms. The number of nitrogens with two attached hydrogens (primary N) is 1. The van der Waals surface area contributed by atoms with Crippen molar-refractivity contribution in [3.8, 4) is 0 Å². The van der Waals surface area contributed by atoms with Gasteiger partial charge in [-0.25, -0.2) is 0 Å². The van der Waals surface area contributed by atoms with Crippen molar-refractivity contribution in [2.45, 2.75) is 38.5 Å². The molecule has 0 saturated heterocycles. The summed E-state index contributed by atoms with van der Waals surface area (Å²) in [6.07, 6.45) is 6.35. The molecule has 0 bridgehead atoms. The van der Waals surface area contributed by atoms with Gasteiger partial charge in [-0.05, 0) is 67.3 Å². The Kier molecular flexibility index (Phi) is 5.26. The van der Waals surface area contributed by atoms with Crippen molar-refractivity contribution in [1.82, 2.24) is 0 Å². The zero-order valence-electron chi connectivity index (χ0n) is 15.3. The molecule has 1 amide bonds. The lowest BCUT2D eigenvalue weighted by Gasteiger charge is -2.13. The number of nitrogen functional groups attached to an aromatic ring is 1. The number of aryl methyl sites for hydroxylation is 3. The SMILES string of the molecule is Nc1sc2c(c1C(=O)Nc1ccc(CCc3ccccc3)cc1)CCCC2. The van der Waals surface area contributed by atoms with Crippen LogP contribution >= 0.6 is 11.3 Å². The predicted octanol–water partition coefficient (Wildman–Crippen LogP) is 5.25. The molecule has 0 spiro atoms. The van der Waals surface area contributed by atoms with Crippen LogP contribution in [0.25, 0.3) is 0 Å². The lowest BCUT2D eigenvalue weighted by Crippen LogP contribution is -2.16. The average Bonchev–Trinajstić information content (AvgIpc) is 3.04. The van der Waals surface area contributed by atoms with Crippen molar-refractivity contribution in [2.24, 2.45) is 0 Å². The zero-order valence-corrected chi connectivity index (χ0v) is 16.1. The van der Waals surface area contributed by atoms with E-state index in [1.807, 2.05) is 18.2 Å². The van der Waals surface area contributed by atoms with Crippen molar-refractivity contribution in [3.05, 3.63) is 81.7 Å². The summed E-state index contributed by atoms with van der Waals surface area (Å²) in [5, 5.41) is 3.68. The van der Waals surface area contributed by atoms with Gasteiger partial charge < -0.3 is 11.1 Å². The van der Waals surface area contributed by atoms with Crippen LogP contribution < -0.4 is 11.1 Å². The Hall–Kier alpha value is -2.59. The summed E-state index contributed by atoms with van der Waals surface area (Å²) in [7, 11) is 0. The van der Waals surface area contributed by atoms with E-state index < -0.39 is 0 Å². The van der Waals surface area contributed by atoms with Crippen LogP contribution in [0, 0.1) is 0 Å². The number of carbonyl (C=O) groups excluding carboxylic acids is 1. The van der Waals surface area contributed by atoms with Crippen molar-refractivity contribution in [1.29, 1.82) is 0 Å². The van der Waals surface area contributed by atoms with E-state index in [1.54, 1.807) is 11.3 Å². The number of benzene rings is 2. The summed E-state index contributed by atoms with van der Waals surface area (Å²) in [6, 6.07) is 18.6. The molecule has 3 aromatic rings. The zero-order chi connectivity index (χ0) is 18.6. The van der Waals surface area contributed by atoms with Gasteiger partial charge in [-0.1, -0.05) is 42.5 Å². The van der Waals surface area contributed by atoms with E-state index in [9.17, 15) is 4.79 Å². The van der Waals surface area contributed by atoms with Crippen LogP contribution in [0.1, 0.15) is 44.8 Å². The molecule has 0 aliphatic heterocycles. The molecule has 0 atom stereocenters. The molecule has 1 heterocycles. The Labute approximate surface area is 164 Å². The minimum atomic E-state index is -0.0797. The molecule has 0 radical (unpaired) electrons. The number of thiophene rings is 1. The molecular formula is C23H24N2OS. The second-order valence-electron chi connectivity index (χ2n) is 7.09. The lowest BCUT2D eigenvalue weighted by atomic mass is 9.95. The van der Waals surface area contributed by atoms with Crippen molar-refractivity contribution >= 4 is 27.9 Å². The summed E-state index contributed by atoms with van der Waals surface area (Å²) in [4.78, 5) is 14.1. The second-order valence-corrected chi connectivity index (χ2v) is 8.22. The van der Waals surface area contributed by atoms with Gasteiger partial charge in [0.15, 0.2) is 0 Å². The van der Waals surface area contributed by atoms with E-state index in [0.717, 1.165) is 37.8 Å². The number of fused-ring (bicyclic) bond motifs is 1. The molecular weight excluding hydrogens is 352 g/mol. The molecule has 4 rings (SSSR count). The van der Waals surface area contributed by atoms with Gasteiger partial charge in [0, 0.05) is 10.6 Å². The third kappa shape index (κ3) is 4.06. The largest absolute Gasteiger partial charge is 0.390 e. The highest BCUT2D eigenvalue weighted by atomic mass is 32.1. The standard InChI is InChI=1S/C23H24N2OS/c24-22-21(19-8-4-5-9-20(19)27-22)23(26)25-18-14-12-17(13-15-18)11-10-16-6-2-1-3-7-16/h1-3,6-7,12-15H,4-5,8-11,24H2,(H,25,26). The molecule has 0 saturated carbocycles. The van der Waals surface area contributed by atoms with Crippen molar-refractivity contribution < 1.29 is 4.79 Å². The van der Waals surface area contributed by atoms with Crippen molar-refractivity contribution in [3.63, 3.8) is 0 Å². The highest BCUT2D eigenvalue weighted by molar-refractivity contribution is 7.16. The van der Waals surface area contributed by atoms with Gasteiger partial charge in [-0.2, -0.15) is 0 Å². The van der Waals surface area contributed by atoms with E-state index in [2.05, 4.69) is 41.7 Å². The number of anilines is 2. The Morgan fingerprint density at radius 2 is 1.59 bits per heavy atom. The van der Waals surface area contributed by atoms with Gasteiger partial charge in [-0.15, -0.1) is 11.3 Å². The second kappa shape index (κ2) is 7.97. The normalized spacial score (nSPS) is 13.2. The summed E-state index contributed by atoms with van der Waals surface area (Å²) in [5.74, 6) is -0.0797. The van der Waals surface area contributed by atoms with E-state index in [0.29, 0.717) is 10.6 Å². The Morgan fingerprint density at radius 1 is 0.926 bits per heavy atom. The van der Waals surface area contributed by atoms with Crippen LogP contribution in [0.4, 0.5) is 10.7 Å². The first kappa shape index (κ1) is 17.8. The first-order valence-electron chi connectivity index (χ1n) is 9.55. The fraction of sp³-hybridized carbons (Fsp3) is 0.261. The van der Waals surface area contributed by atoms with Crippen LogP contribution in [0.5, 0.6) is 0 Å². The number of amides is 1. The summed E-state index contributed by atoms with van der Waals surface area (Å²) in [5.41, 5.74) is 11.4. The molecule has 0 fully saturated rings. The highest BCUT2D eigenvalue weighted by Gasteiger charge is 2.24. The fourth-order valence-electron chi connectivity index (χ4n) is 3.72. The molecule has 3 nitrogen and oxygen atoms in total. The van der Waals surface area contributed by atoms with E-state index in [-0.39, 0.29) is 5.91 Å². The smallest absolute Gasteiger partial charge is 0.258 e. The lowest BCUT2D eigenvalue weighted by molar-refractivity contribution is 0.102. The van der Waals surface area contributed by atoms with Crippen LogP contribution in [-0.2, 0) is 25.7 Å². The molecule has 0 unspecified atom stereocenters. The number of nitrogens with one attached hydrogen (secondary N) is 1. The van der Waals surface area contributed by atoms with Gasteiger partial charge in [0.2, 0.25) is 0 Å². The van der Waals surface area contributed by atoms with Crippen LogP contribution in [0.2, 0.25) is 0 Å². The van der Waals surface area contributed by atoms with Crippen LogP contribution in [0.3, 0.4) is 0 Å². The highest BCUT2D eigenvalue weighted by Crippen LogP contribution is 2.36. The number of hydrogen-bond acceptors (Lipinski definition) is 3. The summed E-state index contributed by atoms with van der Waals surface area (Å²) < 4.78 is 0. The van der Waals surface area contributed by atoms with Gasteiger partial charge in [0.05, 0.1) is 10.6 Å². The number of rotatable bonds is 5. The molecule has 2 aromatic carbocycles. The third-order valence-electron chi connectivity index (χ3n) is 5.18. The van der Waals surface area contributed by atoms with Crippen LogP contribution in [-0.4, -0.2) is 5.91 Å². The van der Waals surface area contributed by atoms with E-state index >= 15 is 0 Å². The number of hydrogen-bond donors (Lipinski definition) is 2. The predicted molar refractivity (Wildman–Crippen MR) is 114 cm³/mol. The first-order chi connectivity index (χ1) is 13.2. The van der Waals surface area contributed by atoms with E-state index in [4.69, 9.17) is 5.73 Å². The molecule has 1 aromatic heterocycles. The summed E-state index contributed by atoms with van der Waals surface area (Å²) in [6.45, 7) is 0. The first-order valence-corrected chi connectivity index (χ1v) is 10.4. The quantitative estimate of drug-likeness (QED) is 0.639. The maximum atomic E-state index is 12.8. The minimum Gasteiger partial charge on any atom is -0.390 e.